The summed E-state index contributed by atoms with van der Waals surface area (Å²) in [6.45, 7) is 1.61. The number of nitrogens with two attached hydrogens (primary N) is 1. The summed E-state index contributed by atoms with van der Waals surface area (Å²) >= 11 is 5.88. The maximum Gasteiger partial charge on any atom is 0.270 e. The highest BCUT2D eigenvalue weighted by Crippen LogP contribution is 2.44. The van der Waals surface area contributed by atoms with Gasteiger partial charge in [0.2, 0.25) is 5.96 Å². The lowest BCUT2D eigenvalue weighted by molar-refractivity contribution is -0.385. The molecule has 0 saturated carbocycles. The van der Waals surface area contributed by atoms with Crippen molar-refractivity contribution in [3.63, 3.8) is 0 Å². The number of non-ortho nitro benzene ring substituents is 1. The van der Waals surface area contributed by atoms with Crippen molar-refractivity contribution in [2.45, 2.75) is 24.7 Å². The molecule has 1 heterocycles. The van der Waals surface area contributed by atoms with Gasteiger partial charge in [-0.3, -0.25) is 10.1 Å². The van der Waals surface area contributed by atoms with Crippen molar-refractivity contribution in [3.05, 3.63) is 63.2 Å². The summed E-state index contributed by atoms with van der Waals surface area (Å²) in [6.07, 6.45) is 0.596. The average Bonchev–Trinajstić information content (AvgIpc) is 2.73. The van der Waals surface area contributed by atoms with Crippen molar-refractivity contribution < 1.29 is 19.5 Å². The maximum atomic E-state index is 11.3. The predicted octanol–water partition coefficient (Wildman–Crippen LogP) is 2.88. The summed E-state index contributed by atoms with van der Waals surface area (Å²) in [4.78, 5) is 15.9. The minimum absolute atomic E-state index is 0.00536. The minimum Gasteiger partial charge on any atom is -0.482 e. The van der Waals surface area contributed by atoms with Gasteiger partial charge >= 0.3 is 0 Å². The number of methoxy groups -OCH3 is 1. The van der Waals surface area contributed by atoms with Crippen LogP contribution in [0.1, 0.15) is 18.5 Å². The van der Waals surface area contributed by atoms with Gasteiger partial charge in [0.25, 0.3) is 5.69 Å². The molecule has 1 aliphatic rings. The molecule has 0 bridgehead atoms. The van der Waals surface area contributed by atoms with E-state index < -0.39 is 22.7 Å². The highest BCUT2D eigenvalue weighted by Gasteiger charge is 2.50. The van der Waals surface area contributed by atoms with Crippen LogP contribution in [0.5, 0.6) is 5.75 Å². The van der Waals surface area contributed by atoms with Crippen molar-refractivity contribution in [3.8, 4) is 11.9 Å². The first kappa shape index (κ1) is 22.3. The summed E-state index contributed by atoms with van der Waals surface area (Å²) in [5.41, 5.74) is 5.30. The molecule has 11 heteroatoms. The van der Waals surface area contributed by atoms with Crippen LogP contribution >= 0.6 is 11.6 Å². The van der Waals surface area contributed by atoms with E-state index in [-0.39, 0.29) is 29.6 Å². The van der Waals surface area contributed by atoms with Crippen LogP contribution < -0.4 is 10.5 Å². The molecule has 0 amide bonds. The van der Waals surface area contributed by atoms with E-state index in [2.05, 4.69) is 4.99 Å². The zero-order valence-electron chi connectivity index (χ0n) is 16.7. The molecule has 0 fully saturated rings. The van der Waals surface area contributed by atoms with Gasteiger partial charge in [-0.1, -0.05) is 11.6 Å². The number of nitro groups is 1. The number of aliphatic hydroxyl groups excluding tert-OH is 1. The molecule has 162 valence electrons. The number of benzene rings is 2. The summed E-state index contributed by atoms with van der Waals surface area (Å²) in [5.74, 6) is 0.0491. The third kappa shape index (κ3) is 4.39. The Morgan fingerprint density at radius 2 is 2.13 bits per heavy atom. The number of guanidine groups is 1. The van der Waals surface area contributed by atoms with Crippen LogP contribution in [0.25, 0.3) is 0 Å². The fourth-order valence-electron chi connectivity index (χ4n) is 3.43. The second kappa shape index (κ2) is 8.77. The van der Waals surface area contributed by atoms with Crippen molar-refractivity contribution in [2.24, 2.45) is 10.7 Å². The van der Waals surface area contributed by atoms with Gasteiger partial charge in [-0.2, -0.15) is 5.26 Å². The molecule has 2 aromatic rings. The van der Waals surface area contributed by atoms with Crippen molar-refractivity contribution in [1.29, 1.82) is 5.26 Å². The van der Waals surface area contributed by atoms with Gasteiger partial charge in [-0.05, 0) is 37.3 Å². The Bertz CT molecular complexity index is 1050. The molecule has 0 aromatic heterocycles. The number of nitrogens with zero attached hydrogens (tertiary/aromatic N) is 4. The molecule has 3 unspecified atom stereocenters. The van der Waals surface area contributed by atoms with E-state index in [1.54, 1.807) is 31.2 Å². The van der Waals surface area contributed by atoms with E-state index in [1.807, 2.05) is 6.19 Å². The van der Waals surface area contributed by atoms with Gasteiger partial charge in [-0.15, -0.1) is 0 Å². The Kier molecular flexibility index (Phi) is 6.31. The Balaban J connectivity index is 2.12. The Hall–Kier alpha value is -3.39. The molecule has 3 atom stereocenters. The fourth-order valence-corrected chi connectivity index (χ4v) is 3.55. The quantitative estimate of drug-likeness (QED) is 0.178. The molecule has 0 radical (unpaired) electrons. The predicted molar refractivity (Wildman–Crippen MR) is 113 cm³/mol. The summed E-state index contributed by atoms with van der Waals surface area (Å²) in [5, 5.41) is 32.8. The largest absolute Gasteiger partial charge is 0.482 e. The molecule has 2 aromatic carbocycles. The van der Waals surface area contributed by atoms with Gasteiger partial charge in [0.15, 0.2) is 11.8 Å². The molecule has 1 aliphatic heterocycles. The normalized spacial score (nSPS) is 22.7. The molecule has 31 heavy (non-hydrogen) atoms. The molecular formula is C20H20ClN5O5. The van der Waals surface area contributed by atoms with Crippen LogP contribution in [0.15, 0.2) is 47.5 Å². The van der Waals surface area contributed by atoms with E-state index in [0.29, 0.717) is 10.7 Å². The third-order valence-corrected chi connectivity index (χ3v) is 5.18. The Labute approximate surface area is 183 Å². The van der Waals surface area contributed by atoms with Crippen LogP contribution in [0.3, 0.4) is 0 Å². The number of hydrogen-bond acceptors (Lipinski definition) is 7. The maximum absolute atomic E-state index is 11.3. The smallest absolute Gasteiger partial charge is 0.270 e. The first-order valence-corrected chi connectivity index (χ1v) is 9.51. The second-order valence-electron chi connectivity index (χ2n) is 7.13. The van der Waals surface area contributed by atoms with E-state index in [0.717, 1.165) is 4.90 Å². The monoisotopic (exact) mass is 445 g/mol. The number of rotatable bonds is 5. The molecule has 3 N–H and O–H groups in total. The van der Waals surface area contributed by atoms with E-state index >= 15 is 0 Å². The number of nitriles is 1. The van der Waals surface area contributed by atoms with Crippen LogP contribution in [-0.4, -0.2) is 46.3 Å². The van der Waals surface area contributed by atoms with Crippen LogP contribution in [0.2, 0.25) is 5.02 Å². The van der Waals surface area contributed by atoms with Crippen LogP contribution in [-0.2, 0) is 4.74 Å². The van der Waals surface area contributed by atoms with Crippen molar-refractivity contribution >= 4 is 28.9 Å². The number of aliphatic imine (C=N–C) groups is 1. The first-order chi connectivity index (χ1) is 14.7. The van der Waals surface area contributed by atoms with E-state index in [4.69, 9.17) is 26.8 Å². The lowest BCUT2D eigenvalue weighted by Crippen LogP contribution is -2.58. The van der Waals surface area contributed by atoms with Gasteiger partial charge < -0.3 is 20.3 Å². The van der Waals surface area contributed by atoms with Gasteiger partial charge in [0.1, 0.15) is 17.9 Å². The molecule has 0 aliphatic carbocycles. The average molecular weight is 446 g/mol. The van der Waals surface area contributed by atoms with Gasteiger partial charge in [0, 0.05) is 29.8 Å². The molecule has 10 nitrogen and oxygen atoms in total. The number of nitro benzene ring substituents is 1. The molecular weight excluding hydrogens is 426 g/mol. The SMILES string of the molecule is COCC1(C)Oc2ccc([N+](=O)[O-])cc2C(N(C#N)C(N)=Nc2ccc(Cl)cc2)C1O. The topological polar surface area (TPSA) is 147 Å². The van der Waals surface area contributed by atoms with E-state index in [1.165, 1.54) is 25.3 Å². The number of aliphatic hydroxyl groups is 1. The van der Waals surface area contributed by atoms with E-state index in [9.17, 15) is 20.5 Å². The number of ether oxygens (including phenoxy) is 2. The first-order valence-electron chi connectivity index (χ1n) is 9.13. The lowest BCUT2D eigenvalue weighted by Gasteiger charge is -2.45. The number of fused-ring (bicyclic) bond motifs is 1. The van der Waals surface area contributed by atoms with Crippen LogP contribution in [0.4, 0.5) is 11.4 Å². The lowest BCUT2D eigenvalue weighted by atomic mass is 9.84. The zero-order chi connectivity index (χ0) is 22.8. The zero-order valence-corrected chi connectivity index (χ0v) is 17.5. The van der Waals surface area contributed by atoms with Crippen molar-refractivity contribution in [1.82, 2.24) is 4.90 Å². The Morgan fingerprint density at radius 1 is 1.45 bits per heavy atom. The van der Waals surface area contributed by atoms with Crippen LogP contribution in [0, 0.1) is 21.6 Å². The summed E-state index contributed by atoms with van der Waals surface area (Å²) in [7, 11) is 1.44. The highest BCUT2D eigenvalue weighted by molar-refractivity contribution is 6.30. The highest BCUT2D eigenvalue weighted by atomic mass is 35.5. The molecule has 0 spiro atoms. The van der Waals surface area contributed by atoms with Gasteiger partial charge in [0.05, 0.1) is 17.2 Å². The number of hydrogen-bond donors (Lipinski definition) is 2. The second-order valence-corrected chi connectivity index (χ2v) is 7.57. The summed E-state index contributed by atoms with van der Waals surface area (Å²) < 4.78 is 11.1. The third-order valence-electron chi connectivity index (χ3n) is 4.92. The van der Waals surface area contributed by atoms with Crippen molar-refractivity contribution in [2.75, 3.05) is 13.7 Å². The van der Waals surface area contributed by atoms with Gasteiger partial charge in [-0.25, -0.2) is 9.89 Å². The standard InChI is InChI=1S/C20H20ClN5O5/c1-20(10-30-2)18(27)17(15-9-14(26(28)29)7-8-16(15)31-20)25(11-22)19(23)24-13-5-3-12(21)4-6-13/h3-9,17-18,27H,10H2,1-2H3,(H2,23,24). The minimum atomic E-state index is -1.33. The molecule has 3 rings (SSSR count). The Morgan fingerprint density at radius 3 is 2.71 bits per heavy atom. The summed E-state index contributed by atoms with van der Waals surface area (Å²) in [6, 6.07) is 9.28. The molecule has 0 saturated heterocycles. The fraction of sp³-hybridized carbons (Fsp3) is 0.300. The number of halogens is 1.